The Bertz CT molecular complexity index is 807. The van der Waals surface area contributed by atoms with Gasteiger partial charge >= 0.3 is 0 Å². The van der Waals surface area contributed by atoms with Crippen molar-refractivity contribution in [2.75, 3.05) is 0 Å². The molecule has 0 fully saturated rings. The fraction of sp³-hybridized carbons (Fsp3) is 0.143. The standard InChI is InChI=1S/C14H11BrN2OS/c1-9-7-19-13-12(9)16-8-17(14(13)18)6-10-4-2-3-5-11(10)15/h2-5,7-8H,6H2,1H3. The van der Waals surface area contributed by atoms with Crippen molar-refractivity contribution in [3.63, 3.8) is 0 Å². The van der Waals surface area contributed by atoms with E-state index in [9.17, 15) is 4.79 Å². The molecule has 0 aliphatic heterocycles. The van der Waals surface area contributed by atoms with Crippen LogP contribution in [0.4, 0.5) is 0 Å². The van der Waals surface area contributed by atoms with Crippen LogP contribution in [0, 0.1) is 6.92 Å². The third-order valence-corrected chi connectivity index (χ3v) is 4.87. The Morgan fingerprint density at radius 2 is 2.16 bits per heavy atom. The molecule has 19 heavy (non-hydrogen) atoms. The second-order valence-corrected chi connectivity index (χ2v) is 6.10. The average molecular weight is 335 g/mol. The number of aromatic nitrogens is 2. The van der Waals surface area contributed by atoms with E-state index >= 15 is 0 Å². The fourth-order valence-electron chi connectivity index (χ4n) is 1.98. The van der Waals surface area contributed by atoms with Crippen molar-refractivity contribution in [1.82, 2.24) is 9.55 Å². The molecular weight excluding hydrogens is 324 g/mol. The summed E-state index contributed by atoms with van der Waals surface area (Å²) in [5.74, 6) is 0. The summed E-state index contributed by atoms with van der Waals surface area (Å²) in [5, 5.41) is 1.97. The first-order valence-electron chi connectivity index (χ1n) is 5.83. The molecule has 3 rings (SSSR count). The molecule has 0 amide bonds. The highest BCUT2D eigenvalue weighted by molar-refractivity contribution is 9.10. The van der Waals surface area contributed by atoms with Gasteiger partial charge < -0.3 is 0 Å². The summed E-state index contributed by atoms with van der Waals surface area (Å²) in [6.45, 7) is 2.50. The topological polar surface area (TPSA) is 34.9 Å². The summed E-state index contributed by atoms with van der Waals surface area (Å²) in [4.78, 5) is 16.8. The lowest BCUT2D eigenvalue weighted by Gasteiger charge is -2.07. The molecule has 0 saturated heterocycles. The van der Waals surface area contributed by atoms with Crippen LogP contribution in [0.1, 0.15) is 11.1 Å². The molecule has 1 aromatic carbocycles. The van der Waals surface area contributed by atoms with E-state index in [1.165, 1.54) is 11.3 Å². The summed E-state index contributed by atoms with van der Waals surface area (Å²) in [6.07, 6.45) is 1.63. The minimum atomic E-state index is 0.0267. The van der Waals surface area contributed by atoms with E-state index in [1.54, 1.807) is 10.9 Å². The smallest absolute Gasteiger partial charge is 0.271 e. The summed E-state index contributed by atoms with van der Waals surface area (Å²) in [7, 11) is 0. The Balaban J connectivity index is 2.09. The monoisotopic (exact) mass is 334 g/mol. The van der Waals surface area contributed by atoms with Gasteiger partial charge in [-0.05, 0) is 29.5 Å². The van der Waals surface area contributed by atoms with Gasteiger partial charge in [-0.25, -0.2) is 4.98 Å². The third-order valence-electron chi connectivity index (χ3n) is 3.02. The van der Waals surface area contributed by atoms with E-state index in [4.69, 9.17) is 0 Å². The van der Waals surface area contributed by atoms with Crippen molar-refractivity contribution in [1.29, 1.82) is 0 Å². The van der Waals surface area contributed by atoms with Crippen molar-refractivity contribution in [3.05, 3.63) is 61.9 Å². The second kappa shape index (κ2) is 4.90. The molecule has 0 radical (unpaired) electrons. The van der Waals surface area contributed by atoms with Gasteiger partial charge in [0.05, 0.1) is 18.4 Å². The molecule has 3 aromatic rings. The van der Waals surface area contributed by atoms with Crippen LogP contribution >= 0.6 is 27.3 Å². The number of thiophene rings is 1. The quantitative estimate of drug-likeness (QED) is 0.718. The van der Waals surface area contributed by atoms with Crippen LogP contribution in [0.2, 0.25) is 0 Å². The molecule has 96 valence electrons. The Hall–Kier alpha value is -1.46. The van der Waals surface area contributed by atoms with E-state index in [1.807, 2.05) is 36.6 Å². The van der Waals surface area contributed by atoms with Gasteiger partial charge in [-0.15, -0.1) is 11.3 Å². The summed E-state index contributed by atoms with van der Waals surface area (Å²) in [6, 6.07) is 7.90. The molecule has 0 aliphatic carbocycles. The molecular formula is C14H11BrN2OS. The number of aryl methyl sites for hydroxylation is 1. The third kappa shape index (κ3) is 2.24. The van der Waals surface area contributed by atoms with Crippen molar-refractivity contribution in [3.8, 4) is 0 Å². The molecule has 0 atom stereocenters. The van der Waals surface area contributed by atoms with Crippen LogP contribution in [0.3, 0.4) is 0 Å². The van der Waals surface area contributed by atoms with Gasteiger partial charge in [-0.3, -0.25) is 9.36 Å². The van der Waals surface area contributed by atoms with Crippen molar-refractivity contribution >= 4 is 37.5 Å². The van der Waals surface area contributed by atoms with Crippen molar-refractivity contribution < 1.29 is 0 Å². The van der Waals surface area contributed by atoms with Gasteiger partial charge in [0.1, 0.15) is 4.70 Å². The Morgan fingerprint density at radius 3 is 2.95 bits per heavy atom. The number of rotatable bonds is 2. The minimum Gasteiger partial charge on any atom is -0.293 e. The van der Waals surface area contributed by atoms with Gasteiger partial charge in [-0.1, -0.05) is 34.1 Å². The van der Waals surface area contributed by atoms with E-state index in [-0.39, 0.29) is 5.56 Å². The van der Waals surface area contributed by atoms with Crippen LogP contribution in [0.25, 0.3) is 10.2 Å². The highest BCUT2D eigenvalue weighted by Gasteiger charge is 2.09. The lowest BCUT2D eigenvalue weighted by Crippen LogP contribution is -2.20. The van der Waals surface area contributed by atoms with Gasteiger partial charge in [-0.2, -0.15) is 0 Å². The van der Waals surface area contributed by atoms with Gasteiger partial charge in [0.15, 0.2) is 0 Å². The fourth-order valence-corrected chi connectivity index (χ4v) is 3.34. The van der Waals surface area contributed by atoms with Crippen LogP contribution in [-0.2, 0) is 6.54 Å². The summed E-state index contributed by atoms with van der Waals surface area (Å²) >= 11 is 4.96. The molecule has 2 aromatic heterocycles. The normalized spacial score (nSPS) is 11.1. The van der Waals surface area contributed by atoms with Crippen LogP contribution < -0.4 is 5.56 Å². The summed E-state index contributed by atoms with van der Waals surface area (Å²) in [5.41, 5.74) is 2.97. The number of hydrogen-bond acceptors (Lipinski definition) is 3. The predicted octanol–water partition coefficient (Wildman–Crippen LogP) is 3.58. The zero-order valence-electron chi connectivity index (χ0n) is 10.3. The van der Waals surface area contributed by atoms with E-state index in [0.717, 1.165) is 25.8 Å². The number of fused-ring (bicyclic) bond motifs is 1. The minimum absolute atomic E-state index is 0.0267. The van der Waals surface area contributed by atoms with Gasteiger partial charge in [0.25, 0.3) is 5.56 Å². The highest BCUT2D eigenvalue weighted by Crippen LogP contribution is 2.20. The van der Waals surface area contributed by atoms with Crippen molar-refractivity contribution in [2.45, 2.75) is 13.5 Å². The van der Waals surface area contributed by atoms with Gasteiger partial charge in [0, 0.05) is 4.47 Å². The SMILES string of the molecule is Cc1csc2c(=O)n(Cc3ccccc3Br)cnc12. The predicted molar refractivity (Wildman–Crippen MR) is 81.9 cm³/mol. The Kier molecular flexibility index (Phi) is 3.24. The number of nitrogens with zero attached hydrogens (tertiary/aromatic N) is 2. The maximum absolute atomic E-state index is 12.4. The molecule has 0 saturated carbocycles. The van der Waals surface area contributed by atoms with E-state index < -0.39 is 0 Å². The number of hydrogen-bond donors (Lipinski definition) is 0. The molecule has 0 aliphatic rings. The second-order valence-electron chi connectivity index (χ2n) is 4.37. The first-order chi connectivity index (χ1) is 9.16. The Labute approximate surface area is 122 Å². The van der Waals surface area contributed by atoms with E-state index in [0.29, 0.717) is 6.54 Å². The molecule has 0 N–H and O–H groups in total. The lowest BCUT2D eigenvalue weighted by molar-refractivity contribution is 0.747. The maximum atomic E-state index is 12.4. The number of halogens is 1. The first-order valence-corrected chi connectivity index (χ1v) is 7.51. The molecule has 5 heteroatoms. The zero-order valence-corrected chi connectivity index (χ0v) is 12.7. The first kappa shape index (κ1) is 12.6. The molecule has 0 bridgehead atoms. The van der Waals surface area contributed by atoms with Crippen LogP contribution in [0.5, 0.6) is 0 Å². The highest BCUT2D eigenvalue weighted by atomic mass is 79.9. The molecule has 0 unspecified atom stereocenters. The maximum Gasteiger partial charge on any atom is 0.271 e. The molecule has 2 heterocycles. The van der Waals surface area contributed by atoms with Gasteiger partial charge in [0.2, 0.25) is 0 Å². The largest absolute Gasteiger partial charge is 0.293 e. The molecule has 0 spiro atoms. The average Bonchev–Trinajstić information content (AvgIpc) is 2.78. The van der Waals surface area contributed by atoms with E-state index in [2.05, 4.69) is 20.9 Å². The zero-order chi connectivity index (χ0) is 13.4. The summed E-state index contributed by atoms with van der Waals surface area (Å²) < 4.78 is 3.38. The number of benzene rings is 1. The lowest BCUT2D eigenvalue weighted by atomic mass is 10.2. The van der Waals surface area contributed by atoms with Crippen molar-refractivity contribution in [2.24, 2.45) is 0 Å². The Morgan fingerprint density at radius 1 is 1.37 bits per heavy atom. The van der Waals surface area contributed by atoms with Crippen LogP contribution in [-0.4, -0.2) is 9.55 Å². The van der Waals surface area contributed by atoms with Crippen LogP contribution in [0.15, 0.2) is 45.2 Å². The molecule has 3 nitrogen and oxygen atoms in total.